The molecule has 2 aromatic carbocycles. The topological polar surface area (TPSA) is 107 Å². The fourth-order valence-electron chi connectivity index (χ4n) is 3.91. The third-order valence-corrected chi connectivity index (χ3v) is 8.11. The molecule has 35 heavy (non-hydrogen) atoms. The molecular weight excluding hydrogens is 490 g/mol. The lowest BCUT2D eigenvalue weighted by Crippen LogP contribution is -2.48. The number of morpholine rings is 1. The second kappa shape index (κ2) is 10.3. The first-order valence-electron chi connectivity index (χ1n) is 11.0. The number of rotatable bonds is 7. The summed E-state index contributed by atoms with van der Waals surface area (Å²) in [6, 6.07) is 11.4. The normalized spacial score (nSPS) is 18.7. The van der Waals surface area contributed by atoms with E-state index in [1.165, 1.54) is 27.8 Å². The number of carbonyl (C=O) groups is 1. The molecule has 1 fully saturated rings. The highest BCUT2D eigenvalue weighted by atomic mass is 32.2. The third kappa shape index (κ3) is 5.48. The van der Waals surface area contributed by atoms with Crippen LogP contribution in [-0.2, 0) is 14.8 Å². The highest BCUT2D eigenvalue weighted by molar-refractivity contribution is 7.89. The molecule has 0 unspecified atom stereocenters. The van der Waals surface area contributed by atoms with Gasteiger partial charge in [-0.3, -0.25) is 10.1 Å². The zero-order valence-corrected chi connectivity index (χ0v) is 21.5. The number of benzene rings is 2. The Hall–Kier alpha value is -2.99. The third-order valence-electron chi connectivity index (χ3n) is 5.53. The summed E-state index contributed by atoms with van der Waals surface area (Å²) in [6.07, 6.45) is -0.412. The van der Waals surface area contributed by atoms with Gasteiger partial charge in [0.05, 0.1) is 37.0 Å². The number of nitrogens with one attached hydrogen (secondary N) is 1. The van der Waals surface area contributed by atoms with Crippen LogP contribution in [0.1, 0.15) is 24.2 Å². The monoisotopic (exact) mass is 517 g/mol. The van der Waals surface area contributed by atoms with Crippen LogP contribution in [0.4, 0.5) is 5.13 Å². The van der Waals surface area contributed by atoms with Crippen molar-refractivity contribution in [2.45, 2.75) is 31.0 Å². The smallest absolute Gasteiger partial charge is 0.257 e. The molecule has 0 saturated carbocycles. The van der Waals surface area contributed by atoms with Crippen LogP contribution in [0.15, 0.2) is 52.7 Å². The van der Waals surface area contributed by atoms with E-state index in [0.29, 0.717) is 22.3 Å². The molecule has 1 saturated heterocycles. The summed E-state index contributed by atoms with van der Waals surface area (Å²) in [7, 11) is -0.623. The Morgan fingerprint density at radius 2 is 1.86 bits per heavy atom. The van der Waals surface area contributed by atoms with Crippen molar-refractivity contribution in [2.24, 2.45) is 0 Å². The molecule has 1 aliphatic rings. The predicted octanol–water partition coefficient (Wildman–Crippen LogP) is 3.88. The summed E-state index contributed by atoms with van der Waals surface area (Å²) < 4.78 is 44.1. The maximum Gasteiger partial charge on any atom is 0.257 e. The molecule has 1 aliphatic heterocycles. The van der Waals surface area contributed by atoms with Crippen molar-refractivity contribution in [1.29, 1.82) is 0 Å². The van der Waals surface area contributed by atoms with Gasteiger partial charge in [-0.05, 0) is 50.2 Å². The van der Waals surface area contributed by atoms with Crippen molar-refractivity contribution in [2.75, 3.05) is 32.6 Å². The van der Waals surface area contributed by atoms with Crippen molar-refractivity contribution in [3.63, 3.8) is 0 Å². The van der Waals surface area contributed by atoms with E-state index >= 15 is 0 Å². The average Bonchev–Trinajstić information content (AvgIpc) is 3.31. The minimum Gasteiger partial charge on any atom is -0.497 e. The first-order valence-corrected chi connectivity index (χ1v) is 13.3. The number of sulfonamides is 1. The van der Waals surface area contributed by atoms with E-state index in [-0.39, 0.29) is 35.8 Å². The van der Waals surface area contributed by atoms with Gasteiger partial charge in [-0.1, -0.05) is 6.07 Å². The number of ether oxygens (including phenoxy) is 3. The van der Waals surface area contributed by atoms with Gasteiger partial charge in [-0.25, -0.2) is 13.4 Å². The van der Waals surface area contributed by atoms with Crippen LogP contribution >= 0.6 is 11.3 Å². The van der Waals surface area contributed by atoms with Gasteiger partial charge in [0.25, 0.3) is 5.91 Å². The first-order chi connectivity index (χ1) is 16.7. The number of amides is 1. The molecule has 2 atom stereocenters. The quantitative estimate of drug-likeness (QED) is 0.507. The summed E-state index contributed by atoms with van der Waals surface area (Å²) in [6.45, 7) is 4.20. The van der Waals surface area contributed by atoms with Crippen LogP contribution in [0.2, 0.25) is 0 Å². The second-order valence-corrected chi connectivity index (χ2v) is 11.0. The van der Waals surface area contributed by atoms with Gasteiger partial charge in [-0.15, -0.1) is 11.3 Å². The molecule has 0 radical (unpaired) electrons. The molecule has 0 aliphatic carbocycles. The lowest BCUT2D eigenvalue weighted by Gasteiger charge is -2.34. The van der Waals surface area contributed by atoms with E-state index in [0.717, 1.165) is 5.56 Å². The summed E-state index contributed by atoms with van der Waals surface area (Å²) >= 11 is 1.25. The Balaban J connectivity index is 1.53. The number of anilines is 1. The van der Waals surface area contributed by atoms with E-state index in [9.17, 15) is 13.2 Å². The SMILES string of the molecule is COc1ccc(OC)c(-c2csc(NC(=O)c3cccc(S(=O)(=O)N4C[C@@H](C)O[C@H](C)C4)c3)n2)c1. The molecule has 186 valence electrons. The number of methoxy groups -OCH3 is 2. The van der Waals surface area contributed by atoms with Gasteiger partial charge >= 0.3 is 0 Å². The Morgan fingerprint density at radius 1 is 1.11 bits per heavy atom. The highest BCUT2D eigenvalue weighted by Gasteiger charge is 2.32. The van der Waals surface area contributed by atoms with Gasteiger partial charge in [0.1, 0.15) is 11.5 Å². The molecule has 11 heteroatoms. The molecular formula is C24H27N3O6S2. The number of thiazole rings is 1. The Morgan fingerprint density at radius 3 is 2.54 bits per heavy atom. The predicted molar refractivity (Wildman–Crippen MR) is 134 cm³/mol. The second-order valence-electron chi connectivity index (χ2n) is 8.17. The number of aromatic nitrogens is 1. The highest BCUT2D eigenvalue weighted by Crippen LogP contribution is 2.35. The van der Waals surface area contributed by atoms with Gasteiger partial charge < -0.3 is 14.2 Å². The molecule has 3 aromatic rings. The van der Waals surface area contributed by atoms with Gasteiger partial charge in [0.2, 0.25) is 10.0 Å². The van der Waals surface area contributed by atoms with Crippen LogP contribution in [0, 0.1) is 0 Å². The summed E-state index contributed by atoms with van der Waals surface area (Å²) in [5.74, 6) is 0.823. The Labute approximate surface area is 208 Å². The van der Waals surface area contributed by atoms with Crippen molar-refractivity contribution in [1.82, 2.24) is 9.29 Å². The Bertz CT molecular complexity index is 1310. The van der Waals surface area contributed by atoms with E-state index < -0.39 is 15.9 Å². The van der Waals surface area contributed by atoms with Crippen LogP contribution in [0.5, 0.6) is 11.5 Å². The zero-order valence-electron chi connectivity index (χ0n) is 19.8. The maximum atomic E-state index is 13.2. The molecule has 4 rings (SSSR count). The lowest BCUT2D eigenvalue weighted by atomic mass is 10.1. The molecule has 0 bridgehead atoms. The first kappa shape index (κ1) is 25.1. The number of hydrogen-bond acceptors (Lipinski definition) is 8. The standard InChI is InChI=1S/C24H27N3O6S2/c1-15-12-27(13-16(2)33-15)35(29,30)19-7-5-6-17(10-19)23(28)26-24-25-21(14-34-24)20-11-18(31-3)8-9-22(20)32-4/h5-11,14-16H,12-13H2,1-4H3,(H,25,26,28)/t15-,16-/m1/s1. The number of nitrogens with zero attached hydrogens (tertiary/aromatic N) is 2. The van der Waals surface area contributed by atoms with Crippen molar-refractivity contribution in [3.8, 4) is 22.8 Å². The van der Waals surface area contributed by atoms with E-state index in [1.54, 1.807) is 49.9 Å². The van der Waals surface area contributed by atoms with E-state index in [1.807, 2.05) is 13.8 Å². The fraction of sp³-hybridized carbons (Fsp3) is 0.333. The van der Waals surface area contributed by atoms with Gasteiger partial charge in [0, 0.05) is 29.6 Å². The lowest BCUT2D eigenvalue weighted by molar-refractivity contribution is -0.0440. The summed E-state index contributed by atoms with van der Waals surface area (Å²) in [5.41, 5.74) is 1.56. The van der Waals surface area contributed by atoms with Crippen molar-refractivity contribution in [3.05, 3.63) is 53.4 Å². The van der Waals surface area contributed by atoms with Gasteiger partial charge in [-0.2, -0.15) is 4.31 Å². The average molecular weight is 518 g/mol. The maximum absolute atomic E-state index is 13.2. The molecule has 1 amide bonds. The number of hydrogen-bond donors (Lipinski definition) is 1. The van der Waals surface area contributed by atoms with Gasteiger partial charge in [0.15, 0.2) is 5.13 Å². The zero-order chi connectivity index (χ0) is 25.2. The van der Waals surface area contributed by atoms with E-state index in [2.05, 4.69) is 10.3 Å². The van der Waals surface area contributed by atoms with Crippen LogP contribution in [0.25, 0.3) is 11.3 Å². The van der Waals surface area contributed by atoms with E-state index in [4.69, 9.17) is 14.2 Å². The van der Waals surface area contributed by atoms with Crippen molar-refractivity contribution < 1.29 is 27.4 Å². The van der Waals surface area contributed by atoms with Crippen LogP contribution in [-0.4, -0.2) is 63.1 Å². The molecule has 1 aromatic heterocycles. The molecule has 0 spiro atoms. The summed E-state index contributed by atoms with van der Waals surface area (Å²) in [5, 5.41) is 4.93. The minimum atomic E-state index is -3.77. The largest absolute Gasteiger partial charge is 0.497 e. The number of carbonyl (C=O) groups excluding carboxylic acids is 1. The molecule has 2 heterocycles. The van der Waals surface area contributed by atoms with Crippen molar-refractivity contribution >= 4 is 32.4 Å². The molecule has 9 nitrogen and oxygen atoms in total. The minimum absolute atomic E-state index is 0.0624. The Kier molecular flexibility index (Phi) is 7.41. The molecule has 1 N–H and O–H groups in total. The van der Waals surface area contributed by atoms with Crippen LogP contribution in [0.3, 0.4) is 0 Å². The fourth-order valence-corrected chi connectivity index (χ4v) is 6.25. The summed E-state index contributed by atoms with van der Waals surface area (Å²) in [4.78, 5) is 17.5. The van der Waals surface area contributed by atoms with Crippen LogP contribution < -0.4 is 14.8 Å².